The number of hydrogen-bond acceptors (Lipinski definition) is 23. The minimum atomic E-state index is -0.323. The normalized spacial score (nSPS) is 23.7. The second kappa shape index (κ2) is 71.2. The molecule has 34 heteroatoms. The molecule has 10 aliphatic rings. The molecular formula is C105H212O23Si11. The number of hydrogen-bond donors (Lipinski definition) is 0. The van der Waals surface area contributed by atoms with Crippen LogP contribution in [0.15, 0.2) is 0 Å². The van der Waals surface area contributed by atoms with Crippen molar-refractivity contribution in [2.75, 3.05) is 0 Å². The molecule has 139 heavy (non-hydrogen) atoms. The van der Waals surface area contributed by atoms with Gasteiger partial charge in [0.2, 0.25) is 0 Å². The Morgan fingerprint density at radius 3 is 0.727 bits per heavy atom. The summed E-state index contributed by atoms with van der Waals surface area (Å²) in [7, 11) is 12.5. The number of esters is 11. The van der Waals surface area contributed by atoms with Crippen molar-refractivity contribution >= 4 is 178 Å². The zero-order chi connectivity index (χ0) is 106. The summed E-state index contributed by atoms with van der Waals surface area (Å²) in [4.78, 5) is 124. The molecule has 0 amide bonds. The molecule has 0 spiro atoms. The van der Waals surface area contributed by atoms with Gasteiger partial charge in [-0.2, -0.15) is 0 Å². The molecule has 814 valence electrons. The molecule has 23 nitrogen and oxygen atoms in total. The molecule has 10 fully saturated rings. The number of rotatable bonds is 38. The molecule has 2 saturated heterocycles. The molecule has 0 aromatic carbocycles. The topological polar surface area (TPSA) is 299 Å². The molecule has 6 bridgehead atoms. The van der Waals surface area contributed by atoms with Crippen molar-refractivity contribution in [1.82, 2.24) is 0 Å². The number of fused-ring (bicyclic) bond motifs is 6. The van der Waals surface area contributed by atoms with Crippen LogP contribution in [0.2, 0.25) is 66.5 Å². The monoisotopic (exact) mass is 2150 g/mol. The number of ether oxygens (including phenoxy) is 12. The zero-order valence-electron chi connectivity index (χ0n) is 94.9. The fraction of sp³-hybridized carbons (Fsp3) is 0.895. The van der Waals surface area contributed by atoms with E-state index in [1.807, 2.05) is 90.0 Å². The quantitative estimate of drug-likeness (QED) is 0.0315. The maximum atomic E-state index is 11.6. The van der Waals surface area contributed by atoms with Crippen molar-refractivity contribution in [3.8, 4) is 0 Å². The first kappa shape index (κ1) is 136. The van der Waals surface area contributed by atoms with Crippen LogP contribution in [-0.2, 0) is 110 Å². The van der Waals surface area contributed by atoms with E-state index in [1.165, 1.54) is 184 Å². The molecule has 9 atom stereocenters. The van der Waals surface area contributed by atoms with Crippen LogP contribution in [-0.4, -0.2) is 252 Å². The second-order valence-electron chi connectivity index (χ2n) is 46.1. The first-order valence-corrected chi connectivity index (χ1v) is 71.6. The Hall–Kier alpha value is -3.48. The van der Waals surface area contributed by atoms with E-state index in [0.717, 1.165) is 238 Å². The van der Waals surface area contributed by atoms with E-state index in [-0.39, 0.29) is 133 Å². The Morgan fingerprint density at radius 2 is 0.496 bits per heavy atom. The highest BCUT2D eigenvalue weighted by atomic mass is 28.2. The number of carbonyl (C=O) groups excluding carboxylic acids is 11. The van der Waals surface area contributed by atoms with Crippen LogP contribution in [0, 0.1) is 23.7 Å². The highest BCUT2D eigenvalue weighted by molar-refractivity contribution is 6.12. The molecule has 10 rings (SSSR count). The molecule has 8 saturated carbocycles. The molecule has 0 radical (unpaired) electrons. The van der Waals surface area contributed by atoms with E-state index >= 15 is 0 Å². The van der Waals surface area contributed by atoms with Gasteiger partial charge in [-0.25, -0.2) is 0 Å². The van der Waals surface area contributed by atoms with Crippen LogP contribution >= 0.6 is 0 Å². The van der Waals surface area contributed by atoms with Crippen LogP contribution in [0.5, 0.6) is 0 Å². The van der Waals surface area contributed by atoms with Gasteiger partial charge in [0.25, 0.3) is 0 Å². The summed E-state index contributed by atoms with van der Waals surface area (Å²) in [6, 6.07) is 12.0. The lowest BCUT2D eigenvalue weighted by Gasteiger charge is -2.33. The predicted octanol–water partition coefficient (Wildman–Crippen LogP) is 12.6. The van der Waals surface area contributed by atoms with Gasteiger partial charge in [0.15, 0.2) is 0 Å². The second-order valence-corrected chi connectivity index (χ2v) is 57.1. The highest BCUT2D eigenvalue weighted by Crippen LogP contribution is 2.54. The summed E-state index contributed by atoms with van der Waals surface area (Å²) >= 11 is 0. The standard InChI is InChI=1S/C12H22O2Si.C11H20O2Si.C11H22O2Si.C10H18O3Si.2C10H20O2Si.C9H18O2Si.C9H20O2Si.2C8H18O2Si.C7H16O2Si/c1-12(14-11(13)3-2-6-15)8-9-4-5-10(12)7-9;1-11(13-10(12)4-5-14)7-8-2-3-9(11)6-8;1-11(7-3-2-4-8-11)13-10(12)6-5-9-14;1-10(13-9(11)4-5-14)6-7-2-3-8(10)12-7;1-10(6-2-3-7-10)12-9(11)5-4-8-13;1-10(6-3-2-4-7-10)12-9(11)5-8-13;1-9(5-2-3-6-9)11-8(10)4-7-12;1-4-9(2,3)11-8(10)6-5-7-12;1-8(2,3)10-7(9)5-4-6-11;1-4-8(2,3)10-7(9)5-6-11;1-7(2,3)9-6(8)4-5-10/h9-10H,2-8H2,1,15H3;8-9H,2-7H2,1,14H3;2-9H2,1,14H3;7-8H,2-6H2,1,14H3;2*2-8H2,1,13H3;2-7H2,1,12H3;4-7H2,1-3,12H3;2*4-6H2,1-3,11H3;4-5H2,1-3,10H3. The first-order chi connectivity index (χ1) is 65.0. The lowest BCUT2D eigenvalue weighted by Crippen LogP contribution is -2.41. The van der Waals surface area contributed by atoms with Crippen LogP contribution in [0.25, 0.3) is 0 Å². The van der Waals surface area contributed by atoms with Crippen LogP contribution in [0.3, 0.4) is 0 Å². The zero-order valence-corrected chi connectivity index (χ0v) is 117. The smallest absolute Gasteiger partial charge is 0.306 e. The third-order valence-corrected chi connectivity index (χ3v) is 34.5. The lowest BCUT2D eigenvalue weighted by molar-refractivity contribution is -0.164. The van der Waals surface area contributed by atoms with E-state index in [9.17, 15) is 52.7 Å². The van der Waals surface area contributed by atoms with E-state index in [2.05, 4.69) is 41.5 Å². The fourth-order valence-corrected chi connectivity index (χ4v) is 23.5. The van der Waals surface area contributed by atoms with Gasteiger partial charge in [-0.05, 0) is 353 Å². The summed E-state index contributed by atoms with van der Waals surface area (Å²) in [5.74, 6) is 2.86. The van der Waals surface area contributed by atoms with Gasteiger partial charge in [-0.3, -0.25) is 52.7 Å². The Balaban J connectivity index is 0.00000151. The van der Waals surface area contributed by atoms with Crippen molar-refractivity contribution in [3.05, 3.63) is 0 Å². The molecule has 2 aliphatic heterocycles. The Labute approximate surface area is 879 Å². The van der Waals surface area contributed by atoms with Gasteiger partial charge >= 0.3 is 65.7 Å². The maximum absolute atomic E-state index is 11.6. The highest BCUT2D eigenvalue weighted by Gasteiger charge is 2.54. The minimum Gasteiger partial charge on any atom is -0.460 e. The summed E-state index contributed by atoms with van der Waals surface area (Å²) in [5, 5.41) is 0. The summed E-state index contributed by atoms with van der Waals surface area (Å²) in [6.07, 6.45) is 47.9. The molecule has 0 aromatic heterocycles. The number of carbonyl (C=O) groups is 11. The van der Waals surface area contributed by atoms with Crippen LogP contribution < -0.4 is 0 Å². The van der Waals surface area contributed by atoms with Gasteiger partial charge in [-0.1, -0.05) is 93.2 Å². The fourth-order valence-electron chi connectivity index (χ4n) is 19.3. The van der Waals surface area contributed by atoms with Crippen molar-refractivity contribution in [1.29, 1.82) is 0 Å². The molecule has 0 aromatic rings. The van der Waals surface area contributed by atoms with E-state index in [1.54, 1.807) is 0 Å². The molecule has 0 N–H and O–H groups in total. The third-order valence-electron chi connectivity index (χ3n) is 28.0. The van der Waals surface area contributed by atoms with Crippen molar-refractivity contribution in [2.45, 2.75) is 574 Å². The Kier molecular flexibility index (Phi) is 69.4. The van der Waals surface area contributed by atoms with E-state index in [0.29, 0.717) is 88.6 Å². The average Bonchev–Trinajstić information content (AvgIpc) is 1.64. The SMILES string of the molecule is CC(C)(C)OC(=O)CCC[SiH3].CC(C)(C)OC(=O)CC[SiH3].CC1(OC(=O)CCC[SiH3])CC2CCC1C2.CC1(OC(=O)CCC[SiH3])CCCC1.CC1(OC(=O)CCC[SiH3])CCCCC1.CC1(OC(=O)CC[SiH3])CC2CCC1C2.CC1(OC(=O)CC[SiH3])CC2CCC1O2.CC1(OC(=O)CC[SiH3])CCCC1.CC1(OC(=O)CC[SiH3])CCCCC1.CCC(C)(C)OC(=O)CCC[SiH3].CCC(C)(C)OC(=O)CC[SiH3]. The Morgan fingerprint density at radius 1 is 0.266 bits per heavy atom. The molecular weight excluding hydrogens is 1940 g/mol. The molecule has 8 aliphatic carbocycles. The first-order valence-electron chi connectivity index (χ1n) is 56.1. The van der Waals surface area contributed by atoms with E-state index < -0.39 is 0 Å². The van der Waals surface area contributed by atoms with Gasteiger partial charge in [0.1, 0.15) is 61.6 Å². The largest absolute Gasteiger partial charge is 0.460 e. The minimum absolute atomic E-state index is 0.00870. The van der Waals surface area contributed by atoms with Gasteiger partial charge in [-0.15, -0.1) is 0 Å². The van der Waals surface area contributed by atoms with Gasteiger partial charge < -0.3 is 56.8 Å². The maximum Gasteiger partial charge on any atom is 0.306 e. The van der Waals surface area contributed by atoms with Gasteiger partial charge in [0.05, 0.1) is 12.2 Å². The lowest BCUT2D eigenvalue weighted by atomic mass is 9.86. The molecule has 2 heterocycles. The molecule has 9 unspecified atom stereocenters. The summed E-state index contributed by atoms with van der Waals surface area (Å²) in [5.41, 5.74) is -2.21. The van der Waals surface area contributed by atoms with Crippen LogP contribution in [0.1, 0.15) is 433 Å². The predicted molar refractivity (Wildman–Crippen MR) is 607 cm³/mol. The van der Waals surface area contributed by atoms with Crippen molar-refractivity contribution < 1.29 is 110 Å². The van der Waals surface area contributed by atoms with Crippen molar-refractivity contribution in [3.63, 3.8) is 0 Å². The average molecular weight is 2150 g/mol. The summed E-state index contributed by atoms with van der Waals surface area (Å²) < 4.78 is 65.2. The Bertz CT molecular complexity index is 3410. The third kappa shape index (κ3) is 63.1. The van der Waals surface area contributed by atoms with E-state index in [4.69, 9.17) is 56.8 Å². The van der Waals surface area contributed by atoms with Crippen LogP contribution in [0.4, 0.5) is 0 Å². The summed E-state index contributed by atoms with van der Waals surface area (Å²) in [6.45, 7) is 37.8. The van der Waals surface area contributed by atoms with Gasteiger partial charge in [0, 0.05) is 190 Å². The van der Waals surface area contributed by atoms with Crippen molar-refractivity contribution in [2.24, 2.45) is 23.7 Å².